The molecule has 0 fully saturated rings. The van der Waals surface area contributed by atoms with E-state index in [1.54, 1.807) is 7.11 Å². The van der Waals surface area contributed by atoms with E-state index in [4.69, 9.17) is 4.74 Å². The number of likely N-dealkylation sites (N-methyl/N-ethyl adjacent to an activating group) is 1. The lowest BCUT2D eigenvalue weighted by molar-refractivity contribution is -0.0261. The van der Waals surface area contributed by atoms with Gasteiger partial charge in [-0.15, -0.1) is 0 Å². The highest BCUT2D eigenvalue weighted by atomic mass is 16.5. The second-order valence-electron chi connectivity index (χ2n) is 5.57. The van der Waals surface area contributed by atoms with Crippen LogP contribution in [0, 0.1) is 0 Å². The maximum atomic E-state index is 10.1. The highest BCUT2D eigenvalue weighted by Crippen LogP contribution is 2.24. The van der Waals surface area contributed by atoms with Gasteiger partial charge in [0.15, 0.2) is 0 Å². The molecular weight excluding hydrogens is 190 g/mol. The third kappa shape index (κ3) is 4.49. The summed E-state index contributed by atoms with van der Waals surface area (Å²) in [5.41, 5.74) is -0.340. The van der Waals surface area contributed by atoms with E-state index in [1.165, 1.54) is 0 Å². The largest absolute Gasteiger partial charge is 0.391 e. The molecule has 0 aliphatic rings. The highest BCUT2D eigenvalue weighted by molar-refractivity contribution is 4.87. The predicted octanol–water partition coefficient (Wildman–Crippen LogP) is 1.89. The lowest BCUT2D eigenvalue weighted by atomic mass is 9.89. The van der Waals surface area contributed by atoms with E-state index in [9.17, 15) is 5.11 Å². The van der Waals surface area contributed by atoms with Gasteiger partial charge in [-0.25, -0.2) is 0 Å². The molecule has 15 heavy (non-hydrogen) atoms. The molecule has 1 N–H and O–H groups in total. The molecule has 3 heteroatoms. The fourth-order valence-corrected chi connectivity index (χ4v) is 1.24. The molecule has 0 aliphatic carbocycles. The van der Waals surface area contributed by atoms with Gasteiger partial charge in [-0.05, 0) is 54.6 Å². The van der Waals surface area contributed by atoms with Gasteiger partial charge in [-0.3, -0.25) is 0 Å². The topological polar surface area (TPSA) is 32.7 Å². The second-order valence-corrected chi connectivity index (χ2v) is 5.57. The molecule has 0 aromatic heterocycles. The van der Waals surface area contributed by atoms with Crippen LogP contribution in [0.3, 0.4) is 0 Å². The monoisotopic (exact) mass is 217 g/mol. The number of aliphatic hydroxyl groups is 1. The quantitative estimate of drug-likeness (QED) is 0.737. The van der Waals surface area contributed by atoms with Gasteiger partial charge in [0.05, 0.1) is 11.7 Å². The molecule has 0 aromatic rings. The fourth-order valence-electron chi connectivity index (χ4n) is 1.24. The predicted molar refractivity (Wildman–Crippen MR) is 64.1 cm³/mol. The molecule has 0 bridgehead atoms. The Morgan fingerprint density at radius 2 is 1.67 bits per heavy atom. The van der Waals surface area contributed by atoms with Crippen LogP contribution in [0.1, 0.15) is 40.5 Å². The number of nitrogens with zero attached hydrogens (tertiary/aromatic N) is 1. The van der Waals surface area contributed by atoms with Crippen LogP contribution >= 0.6 is 0 Å². The Morgan fingerprint density at radius 1 is 1.20 bits per heavy atom. The summed E-state index contributed by atoms with van der Waals surface area (Å²) >= 11 is 0. The first-order chi connectivity index (χ1) is 6.63. The van der Waals surface area contributed by atoms with Crippen molar-refractivity contribution in [3.63, 3.8) is 0 Å². The molecule has 92 valence electrons. The lowest BCUT2D eigenvalue weighted by Crippen LogP contribution is -2.49. The van der Waals surface area contributed by atoms with E-state index in [1.807, 2.05) is 27.9 Å². The minimum absolute atomic E-state index is 0.149. The molecule has 0 saturated carbocycles. The Labute approximate surface area is 94.4 Å². The molecule has 0 heterocycles. The maximum absolute atomic E-state index is 10.1. The zero-order valence-electron chi connectivity index (χ0n) is 11.3. The third-order valence-corrected chi connectivity index (χ3v) is 3.54. The SMILES string of the molecule is COC(C)(C)CCC(O)C(C)(C)N(C)C. The van der Waals surface area contributed by atoms with Crippen LogP contribution in [0.15, 0.2) is 0 Å². The summed E-state index contributed by atoms with van der Waals surface area (Å²) in [6.45, 7) is 8.19. The van der Waals surface area contributed by atoms with E-state index >= 15 is 0 Å². The van der Waals surface area contributed by atoms with Crippen LogP contribution in [-0.4, -0.2) is 48.5 Å². The van der Waals surface area contributed by atoms with Crippen molar-refractivity contribution in [3.05, 3.63) is 0 Å². The van der Waals surface area contributed by atoms with Gasteiger partial charge in [-0.2, -0.15) is 0 Å². The zero-order chi connectivity index (χ0) is 12.3. The van der Waals surface area contributed by atoms with Crippen molar-refractivity contribution < 1.29 is 9.84 Å². The van der Waals surface area contributed by atoms with Crippen LogP contribution in [-0.2, 0) is 4.74 Å². The van der Waals surface area contributed by atoms with Crippen molar-refractivity contribution in [2.24, 2.45) is 0 Å². The van der Waals surface area contributed by atoms with Crippen molar-refractivity contribution in [3.8, 4) is 0 Å². The molecular formula is C12H27NO2. The van der Waals surface area contributed by atoms with Gasteiger partial charge < -0.3 is 14.7 Å². The Morgan fingerprint density at radius 3 is 2.00 bits per heavy atom. The first-order valence-corrected chi connectivity index (χ1v) is 5.54. The van der Waals surface area contributed by atoms with E-state index < -0.39 is 0 Å². The molecule has 0 aliphatic heterocycles. The highest BCUT2D eigenvalue weighted by Gasteiger charge is 2.31. The van der Waals surface area contributed by atoms with Crippen LogP contribution in [0.4, 0.5) is 0 Å². The molecule has 1 unspecified atom stereocenters. The standard InChI is InChI=1S/C12H27NO2/c1-11(2,15-7)9-8-10(14)12(3,4)13(5)6/h10,14H,8-9H2,1-7H3. The summed E-state index contributed by atoms with van der Waals surface area (Å²) in [7, 11) is 5.69. The number of methoxy groups -OCH3 is 1. The molecule has 0 saturated heterocycles. The van der Waals surface area contributed by atoms with Gasteiger partial charge in [0.2, 0.25) is 0 Å². The molecule has 0 aromatic carbocycles. The van der Waals surface area contributed by atoms with Crippen LogP contribution in [0.25, 0.3) is 0 Å². The maximum Gasteiger partial charge on any atom is 0.0719 e. The van der Waals surface area contributed by atoms with E-state index in [2.05, 4.69) is 18.7 Å². The minimum Gasteiger partial charge on any atom is -0.391 e. The van der Waals surface area contributed by atoms with Crippen LogP contribution < -0.4 is 0 Å². The summed E-state index contributed by atoms with van der Waals surface area (Å²) in [4.78, 5) is 2.05. The Kier molecular flexibility index (Phi) is 5.24. The van der Waals surface area contributed by atoms with Gasteiger partial charge in [0.1, 0.15) is 0 Å². The molecule has 0 radical (unpaired) electrons. The molecule has 3 nitrogen and oxygen atoms in total. The Hall–Kier alpha value is -0.120. The van der Waals surface area contributed by atoms with Gasteiger partial charge in [0.25, 0.3) is 0 Å². The third-order valence-electron chi connectivity index (χ3n) is 3.54. The number of hydrogen-bond donors (Lipinski definition) is 1. The summed E-state index contributed by atoms with van der Waals surface area (Å²) in [5.74, 6) is 0. The average molecular weight is 217 g/mol. The molecule has 0 spiro atoms. The summed E-state index contributed by atoms with van der Waals surface area (Å²) in [5, 5.41) is 10.1. The molecule has 0 rings (SSSR count). The molecule has 1 atom stereocenters. The van der Waals surface area contributed by atoms with Crippen molar-refractivity contribution in [1.82, 2.24) is 4.90 Å². The number of hydrogen-bond acceptors (Lipinski definition) is 3. The van der Waals surface area contributed by atoms with Crippen LogP contribution in [0.2, 0.25) is 0 Å². The fraction of sp³-hybridized carbons (Fsp3) is 1.00. The van der Waals surface area contributed by atoms with Crippen molar-refractivity contribution >= 4 is 0 Å². The normalized spacial score (nSPS) is 15.8. The van der Waals surface area contributed by atoms with Crippen molar-refractivity contribution in [1.29, 1.82) is 0 Å². The lowest BCUT2D eigenvalue weighted by Gasteiger charge is -2.38. The van der Waals surface area contributed by atoms with E-state index in [0.29, 0.717) is 0 Å². The van der Waals surface area contributed by atoms with Gasteiger partial charge in [0, 0.05) is 12.6 Å². The second kappa shape index (κ2) is 5.28. The Bertz CT molecular complexity index is 188. The number of aliphatic hydroxyl groups excluding tert-OH is 1. The Balaban J connectivity index is 4.20. The van der Waals surface area contributed by atoms with Crippen molar-refractivity contribution in [2.45, 2.75) is 57.8 Å². The van der Waals surface area contributed by atoms with Gasteiger partial charge >= 0.3 is 0 Å². The van der Waals surface area contributed by atoms with Crippen molar-refractivity contribution in [2.75, 3.05) is 21.2 Å². The van der Waals surface area contributed by atoms with E-state index in [0.717, 1.165) is 12.8 Å². The summed E-state index contributed by atoms with van der Waals surface area (Å²) in [6, 6.07) is 0. The number of ether oxygens (including phenoxy) is 1. The first kappa shape index (κ1) is 14.9. The van der Waals surface area contributed by atoms with Gasteiger partial charge in [-0.1, -0.05) is 0 Å². The average Bonchev–Trinajstić information content (AvgIpc) is 2.14. The smallest absolute Gasteiger partial charge is 0.0719 e. The zero-order valence-corrected chi connectivity index (χ0v) is 11.3. The van der Waals surface area contributed by atoms with E-state index in [-0.39, 0.29) is 17.2 Å². The summed E-state index contributed by atoms with van der Waals surface area (Å²) < 4.78 is 5.34. The molecule has 0 amide bonds. The summed E-state index contributed by atoms with van der Waals surface area (Å²) in [6.07, 6.45) is 1.29. The number of rotatable bonds is 6. The first-order valence-electron chi connectivity index (χ1n) is 5.54. The van der Waals surface area contributed by atoms with Crippen LogP contribution in [0.5, 0.6) is 0 Å². The minimum atomic E-state index is -0.332.